The number of aryl methyl sites for hydroxylation is 1. The highest BCUT2D eigenvalue weighted by atomic mass is 35.5. The van der Waals surface area contributed by atoms with Gasteiger partial charge in [-0.3, -0.25) is 13.9 Å². The summed E-state index contributed by atoms with van der Waals surface area (Å²) in [6, 6.07) is 19.0. The molecule has 0 aliphatic rings. The van der Waals surface area contributed by atoms with E-state index < -0.39 is 28.5 Å². The Morgan fingerprint density at radius 1 is 1.03 bits per heavy atom. The summed E-state index contributed by atoms with van der Waals surface area (Å²) in [4.78, 5) is 28.0. The largest absolute Gasteiger partial charge is 0.497 e. The third kappa shape index (κ3) is 7.05. The van der Waals surface area contributed by atoms with Crippen molar-refractivity contribution in [2.75, 3.05) is 24.5 Å². The van der Waals surface area contributed by atoms with Gasteiger partial charge in [0.1, 0.15) is 18.3 Å². The van der Waals surface area contributed by atoms with Crippen LogP contribution in [0.15, 0.2) is 77.7 Å². The Kier molecular flexibility index (Phi) is 9.77. The van der Waals surface area contributed by atoms with E-state index in [4.69, 9.17) is 16.3 Å². The molecule has 0 spiro atoms. The number of anilines is 1. The predicted octanol–water partition coefficient (Wildman–Crippen LogP) is 4.41. The highest BCUT2D eigenvalue weighted by molar-refractivity contribution is 7.92. The molecule has 10 heteroatoms. The lowest BCUT2D eigenvalue weighted by Gasteiger charge is -2.32. The van der Waals surface area contributed by atoms with Crippen molar-refractivity contribution in [3.63, 3.8) is 0 Å². The number of nitrogens with zero attached hydrogens (tertiary/aromatic N) is 2. The van der Waals surface area contributed by atoms with Crippen LogP contribution in [0.4, 0.5) is 5.69 Å². The van der Waals surface area contributed by atoms with E-state index in [-0.39, 0.29) is 23.0 Å². The number of hydrogen-bond acceptors (Lipinski definition) is 5. The number of rotatable bonds is 11. The van der Waals surface area contributed by atoms with Crippen molar-refractivity contribution >= 4 is 39.1 Å². The summed E-state index contributed by atoms with van der Waals surface area (Å²) in [7, 11) is -2.61. The van der Waals surface area contributed by atoms with Crippen molar-refractivity contribution in [2.45, 2.75) is 38.3 Å². The zero-order valence-corrected chi connectivity index (χ0v) is 23.4. The predicted molar refractivity (Wildman–Crippen MR) is 149 cm³/mol. The number of methoxy groups -OCH3 is 1. The summed E-state index contributed by atoms with van der Waals surface area (Å²) >= 11 is 6.19. The van der Waals surface area contributed by atoms with Crippen molar-refractivity contribution in [1.82, 2.24) is 10.2 Å². The van der Waals surface area contributed by atoms with Gasteiger partial charge in [-0.15, -0.1) is 0 Å². The molecule has 0 radical (unpaired) electrons. The van der Waals surface area contributed by atoms with Gasteiger partial charge in [0, 0.05) is 18.1 Å². The molecule has 3 rings (SSSR count). The first-order valence-electron chi connectivity index (χ1n) is 12.1. The molecule has 0 bridgehead atoms. The minimum Gasteiger partial charge on any atom is -0.497 e. The highest BCUT2D eigenvalue weighted by Gasteiger charge is 2.32. The molecule has 1 N–H and O–H groups in total. The van der Waals surface area contributed by atoms with Crippen LogP contribution in [0, 0.1) is 6.92 Å². The van der Waals surface area contributed by atoms with Crippen LogP contribution in [-0.2, 0) is 26.2 Å². The molecule has 0 saturated carbocycles. The van der Waals surface area contributed by atoms with Crippen molar-refractivity contribution in [3.8, 4) is 5.75 Å². The van der Waals surface area contributed by atoms with Gasteiger partial charge in [0.2, 0.25) is 11.8 Å². The Balaban J connectivity index is 2.03. The quantitative estimate of drug-likeness (QED) is 0.377. The number of amides is 2. The summed E-state index contributed by atoms with van der Waals surface area (Å²) in [5.74, 6) is -0.301. The third-order valence-corrected chi connectivity index (χ3v) is 8.01. The molecule has 1 unspecified atom stereocenters. The van der Waals surface area contributed by atoms with Gasteiger partial charge in [0.25, 0.3) is 10.0 Å². The molecule has 0 saturated heterocycles. The second-order valence-corrected chi connectivity index (χ2v) is 11.0. The smallest absolute Gasteiger partial charge is 0.264 e. The van der Waals surface area contributed by atoms with E-state index in [1.54, 1.807) is 62.4 Å². The van der Waals surface area contributed by atoms with E-state index >= 15 is 0 Å². The lowest BCUT2D eigenvalue weighted by Crippen LogP contribution is -2.51. The number of benzene rings is 3. The summed E-state index contributed by atoms with van der Waals surface area (Å²) in [5, 5.41) is 3.06. The number of sulfonamides is 1. The number of nitrogens with one attached hydrogen (secondary N) is 1. The SMILES string of the molecule is CCNC(=O)C(C)N(Cc1cccc(OC)c1)C(=O)CN(c1cccc(Cl)c1)S(=O)(=O)c1ccc(C)cc1. The topological polar surface area (TPSA) is 96.0 Å². The van der Waals surface area contributed by atoms with Crippen LogP contribution in [0.25, 0.3) is 0 Å². The molecule has 202 valence electrons. The molecular weight excluding hydrogens is 526 g/mol. The number of carbonyl (C=O) groups is 2. The van der Waals surface area contributed by atoms with E-state index in [0.29, 0.717) is 17.3 Å². The molecule has 0 fully saturated rings. The molecule has 0 aliphatic heterocycles. The van der Waals surface area contributed by atoms with Gasteiger partial charge in [-0.25, -0.2) is 8.42 Å². The fourth-order valence-electron chi connectivity index (χ4n) is 3.87. The second-order valence-electron chi connectivity index (χ2n) is 8.75. The molecule has 0 aliphatic carbocycles. The first-order valence-corrected chi connectivity index (χ1v) is 13.9. The van der Waals surface area contributed by atoms with E-state index in [9.17, 15) is 18.0 Å². The molecule has 3 aromatic carbocycles. The van der Waals surface area contributed by atoms with Gasteiger partial charge in [-0.2, -0.15) is 0 Å². The lowest BCUT2D eigenvalue weighted by molar-refractivity contribution is -0.139. The number of ether oxygens (including phenoxy) is 1. The minimum atomic E-state index is -4.15. The molecule has 38 heavy (non-hydrogen) atoms. The Morgan fingerprint density at radius 3 is 2.34 bits per heavy atom. The maximum Gasteiger partial charge on any atom is 0.264 e. The number of carbonyl (C=O) groups excluding carboxylic acids is 2. The van der Waals surface area contributed by atoms with Crippen LogP contribution in [0.5, 0.6) is 5.75 Å². The second kappa shape index (κ2) is 12.8. The van der Waals surface area contributed by atoms with Crippen LogP contribution in [0.2, 0.25) is 5.02 Å². The van der Waals surface area contributed by atoms with Gasteiger partial charge in [-0.05, 0) is 68.8 Å². The summed E-state index contributed by atoms with van der Waals surface area (Å²) in [6.07, 6.45) is 0. The third-order valence-electron chi connectivity index (χ3n) is 5.99. The zero-order chi connectivity index (χ0) is 27.9. The van der Waals surface area contributed by atoms with Gasteiger partial charge >= 0.3 is 0 Å². The Morgan fingerprint density at radius 2 is 1.71 bits per heavy atom. The normalized spacial score (nSPS) is 11.9. The van der Waals surface area contributed by atoms with Gasteiger partial charge in [-0.1, -0.05) is 47.5 Å². The standard InChI is InChI=1S/C28H32ClN3O5S/c1-5-30-28(34)21(3)31(18-22-8-6-11-25(16-22)37-4)27(33)19-32(24-10-7-9-23(29)17-24)38(35,36)26-14-12-20(2)13-15-26/h6-17,21H,5,18-19H2,1-4H3,(H,30,34). The number of hydrogen-bond donors (Lipinski definition) is 1. The van der Waals surface area contributed by atoms with E-state index in [1.807, 2.05) is 13.0 Å². The minimum absolute atomic E-state index is 0.0343. The highest BCUT2D eigenvalue weighted by Crippen LogP contribution is 2.27. The van der Waals surface area contributed by atoms with E-state index in [2.05, 4.69) is 5.32 Å². The zero-order valence-electron chi connectivity index (χ0n) is 21.8. The average molecular weight is 558 g/mol. The van der Waals surface area contributed by atoms with Gasteiger partial charge in [0.15, 0.2) is 0 Å². The molecule has 8 nitrogen and oxygen atoms in total. The van der Waals surface area contributed by atoms with Gasteiger partial charge < -0.3 is 15.0 Å². The lowest BCUT2D eigenvalue weighted by atomic mass is 10.1. The maximum atomic E-state index is 13.8. The fourth-order valence-corrected chi connectivity index (χ4v) is 5.46. The van der Waals surface area contributed by atoms with E-state index in [1.165, 1.54) is 30.2 Å². The first kappa shape index (κ1) is 29.0. The Bertz CT molecular complexity index is 1380. The van der Waals surface area contributed by atoms with Crippen LogP contribution >= 0.6 is 11.6 Å². The molecule has 1 atom stereocenters. The fraction of sp³-hybridized carbons (Fsp3) is 0.286. The maximum absolute atomic E-state index is 13.8. The van der Waals surface area contributed by atoms with Crippen molar-refractivity contribution in [2.24, 2.45) is 0 Å². The first-order chi connectivity index (χ1) is 18.1. The Hall–Kier alpha value is -3.56. The van der Waals surface area contributed by atoms with Crippen LogP contribution in [0.3, 0.4) is 0 Å². The van der Waals surface area contributed by atoms with Crippen LogP contribution < -0.4 is 14.4 Å². The molecule has 3 aromatic rings. The average Bonchev–Trinajstić information content (AvgIpc) is 2.90. The number of halogens is 1. The molecule has 0 aromatic heterocycles. The summed E-state index contributed by atoms with van der Waals surface area (Å²) in [5.41, 5.74) is 1.86. The number of likely N-dealkylation sites (N-methyl/N-ethyl adjacent to an activating group) is 1. The van der Waals surface area contributed by atoms with Crippen molar-refractivity contribution < 1.29 is 22.7 Å². The molecule has 0 heterocycles. The van der Waals surface area contributed by atoms with E-state index in [0.717, 1.165) is 15.4 Å². The monoisotopic (exact) mass is 557 g/mol. The summed E-state index contributed by atoms with van der Waals surface area (Å²) in [6.45, 7) is 5.18. The van der Waals surface area contributed by atoms with Crippen molar-refractivity contribution in [1.29, 1.82) is 0 Å². The summed E-state index contributed by atoms with van der Waals surface area (Å²) < 4.78 is 33.9. The van der Waals surface area contributed by atoms with Gasteiger partial charge in [0.05, 0.1) is 17.7 Å². The van der Waals surface area contributed by atoms with Crippen LogP contribution in [-0.4, -0.2) is 51.4 Å². The van der Waals surface area contributed by atoms with Crippen molar-refractivity contribution in [3.05, 3.63) is 88.9 Å². The molecular formula is C28H32ClN3O5S. The molecule has 2 amide bonds. The van der Waals surface area contributed by atoms with Crippen LogP contribution in [0.1, 0.15) is 25.0 Å². The Labute approximate surface area is 229 Å².